The van der Waals surface area contributed by atoms with Crippen LogP contribution in [0.25, 0.3) is 0 Å². The zero-order valence-electron chi connectivity index (χ0n) is 11.7. The molecule has 2 rings (SSSR count). The van der Waals surface area contributed by atoms with Crippen molar-refractivity contribution in [3.8, 4) is 0 Å². The zero-order chi connectivity index (χ0) is 16.3. The Kier molecular flexibility index (Phi) is 4.92. The van der Waals surface area contributed by atoms with E-state index in [1.807, 2.05) is 0 Å². The number of amides is 2. The highest BCUT2D eigenvalue weighted by Crippen LogP contribution is 2.23. The summed E-state index contributed by atoms with van der Waals surface area (Å²) < 4.78 is 0.584. The SMILES string of the molecule is CN1N=C(C(=O)NC(C(=O)O)c2ccccc2Br)CCC1=O. The Balaban J connectivity index is 2.21. The second-order valence-electron chi connectivity index (χ2n) is 4.73. The van der Waals surface area contributed by atoms with Crippen LogP contribution in [0.4, 0.5) is 0 Å². The first-order chi connectivity index (χ1) is 10.4. The molecule has 0 aliphatic carbocycles. The number of nitrogens with zero attached hydrogens (tertiary/aromatic N) is 2. The van der Waals surface area contributed by atoms with Crippen LogP contribution in [-0.4, -0.2) is 40.7 Å². The van der Waals surface area contributed by atoms with Gasteiger partial charge < -0.3 is 10.4 Å². The van der Waals surface area contributed by atoms with E-state index < -0.39 is 17.9 Å². The molecule has 1 atom stereocenters. The van der Waals surface area contributed by atoms with Crippen LogP contribution >= 0.6 is 15.9 Å². The molecular weight excluding hydrogens is 354 g/mol. The Hall–Kier alpha value is -2.22. The van der Waals surface area contributed by atoms with E-state index in [9.17, 15) is 19.5 Å². The Morgan fingerprint density at radius 1 is 1.36 bits per heavy atom. The van der Waals surface area contributed by atoms with Crippen LogP contribution in [0.3, 0.4) is 0 Å². The Bertz CT molecular complexity index is 659. The van der Waals surface area contributed by atoms with E-state index in [2.05, 4.69) is 26.3 Å². The third-order valence-corrected chi connectivity index (χ3v) is 3.93. The van der Waals surface area contributed by atoms with Gasteiger partial charge in [-0.05, 0) is 11.6 Å². The van der Waals surface area contributed by atoms with E-state index in [-0.39, 0.29) is 24.5 Å². The molecule has 0 radical (unpaired) electrons. The standard InChI is InChI=1S/C14H14BrN3O4/c1-18-11(19)7-6-10(17-18)13(20)16-12(14(21)22)8-4-2-3-5-9(8)15/h2-5,12H,6-7H2,1H3,(H,16,20)(H,21,22). The second-order valence-corrected chi connectivity index (χ2v) is 5.58. The largest absolute Gasteiger partial charge is 0.479 e. The molecule has 0 bridgehead atoms. The molecule has 8 heteroatoms. The first-order valence-electron chi connectivity index (χ1n) is 6.52. The molecule has 0 spiro atoms. The average Bonchev–Trinajstić information content (AvgIpc) is 2.48. The number of rotatable bonds is 4. The fraction of sp³-hybridized carbons (Fsp3) is 0.286. The quantitative estimate of drug-likeness (QED) is 0.837. The lowest BCUT2D eigenvalue weighted by atomic mass is 10.1. The van der Waals surface area contributed by atoms with Gasteiger partial charge in [0.05, 0.1) is 0 Å². The summed E-state index contributed by atoms with van der Waals surface area (Å²) in [5.74, 6) is -1.96. The van der Waals surface area contributed by atoms with Crippen LogP contribution in [0.15, 0.2) is 33.8 Å². The van der Waals surface area contributed by atoms with Crippen molar-refractivity contribution in [2.24, 2.45) is 5.10 Å². The molecule has 1 heterocycles. The maximum absolute atomic E-state index is 12.2. The van der Waals surface area contributed by atoms with Gasteiger partial charge >= 0.3 is 5.97 Å². The molecule has 116 valence electrons. The highest BCUT2D eigenvalue weighted by atomic mass is 79.9. The number of aliphatic carboxylic acids is 1. The van der Waals surface area contributed by atoms with E-state index in [0.717, 1.165) is 5.01 Å². The molecular formula is C14H14BrN3O4. The molecule has 0 aromatic heterocycles. The summed E-state index contributed by atoms with van der Waals surface area (Å²) in [4.78, 5) is 35.0. The Morgan fingerprint density at radius 2 is 2.05 bits per heavy atom. The summed E-state index contributed by atoms with van der Waals surface area (Å²) in [6, 6.07) is 5.55. The van der Waals surface area contributed by atoms with E-state index in [1.54, 1.807) is 24.3 Å². The highest BCUT2D eigenvalue weighted by molar-refractivity contribution is 9.10. The fourth-order valence-corrected chi connectivity index (χ4v) is 2.54. The predicted molar refractivity (Wildman–Crippen MR) is 82.1 cm³/mol. The molecule has 1 aliphatic heterocycles. The number of benzene rings is 1. The normalized spacial score (nSPS) is 16.0. The molecule has 2 N–H and O–H groups in total. The minimum Gasteiger partial charge on any atom is -0.479 e. The number of hydrogen-bond donors (Lipinski definition) is 2. The number of carbonyl (C=O) groups is 3. The Morgan fingerprint density at radius 3 is 2.64 bits per heavy atom. The minimum absolute atomic E-state index is 0.139. The molecule has 7 nitrogen and oxygen atoms in total. The van der Waals surface area contributed by atoms with E-state index in [1.165, 1.54) is 7.05 Å². The van der Waals surface area contributed by atoms with Crippen molar-refractivity contribution in [2.45, 2.75) is 18.9 Å². The molecule has 1 aliphatic rings. The molecule has 0 saturated carbocycles. The highest BCUT2D eigenvalue weighted by Gasteiger charge is 2.28. The van der Waals surface area contributed by atoms with Gasteiger partial charge in [-0.25, -0.2) is 9.80 Å². The summed E-state index contributed by atoms with van der Waals surface area (Å²) in [5.41, 5.74) is 0.574. The molecule has 1 aromatic carbocycles. The van der Waals surface area contributed by atoms with Crippen LogP contribution in [0, 0.1) is 0 Å². The average molecular weight is 368 g/mol. The number of carboxylic acids is 1. The van der Waals surface area contributed by atoms with Crippen LogP contribution in [0.2, 0.25) is 0 Å². The summed E-state index contributed by atoms with van der Waals surface area (Å²) >= 11 is 3.27. The Labute approximate surface area is 135 Å². The van der Waals surface area contributed by atoms with Crippen molar-refractivity contribution in [2.75, 3.05) is 7.05 Å². The van der Waals surface area contributed by atoms with Gasteiger partial charge in [-0.3, -0.25) is 9.59 Å². The molecule has 1 unspecified atom stereocenters. The molecule has 0 saturated heterocycles. The van der Waals surface area contributed by atoms with Gasteiger partial charge in [0, 0.05) is 24.4 Å². The monoisotopic (exact) mass is 367 g/mol. The minimum atomic E-state index is -1.20. The third-order valence-electron chi connectivity index (χ3n) is 3.21. The number of nitrogens with one attached hydrogen (secondary N) is 1. The van der Waals surface area contributed by atoms with Crippen molar-refractivity contribution in [3.63, 3.8) is 0 Å². The van der Waals surface area contributed by atoms with Crippen LogP contribution in [-0.2, 0) is 14.4 Å². The molecule has 22 heavy (non-hydrogen) atoms. The predicted octanol–water partition coefficient (Wildman–Crippen LogP) is 1.30. The van der Waals surface area contributed by atoms with E-state index >= 15 is 0 Å². The molecule has 2 amide bonds. The summed E-state index contributed by atoms with van der Waals surface area (Å²) in [5, 5.41) is 16.8. The first kappa shape index (κ1) is 16.2. The number of carboxylic acid groups (broad SMARTS) is 1. The van der Waals surface area contributed by atoms with Gasteiger partial charge in [0.1, 0.15) is 5.71 Å². The van der Waals surface area contributed by atoms with Crippen molar-refractivity contribution in [1.29, 1.82) is 0 Å². The van der Waals surface area contributed by atoms with Gasteiger partial charge in [-0.2, -0.15) is 5.10 Å². The smallest absolute Gasteiger partial charge is 0.330 e. The second kappa shape index (κ2) is 6.69. The van der Waals surface area contributed by atoms with Crippen molar-refractivity contribution in [1.82, 2.24) is 10.3 Å². The van der Waals surface area contributed by atoms with Crippen molar-refractivity contribution >= 4 is 39.4 Å². The number of hydrazone groups is 1. The molecule has 0 fully saturated rings. The number of hydrogen-bond acceptors (Lipinski definition) is 4. The number of carbonyl (C=O) groups excluding carboxylic acids is 2. The van der Waals surface area contributed by atoms with Gasteiger partial charge in [-0.15, -0.1) is 0 Å². The molecule has 1 aromatic rings. The zero-order valence-corrected chi connectivity index (χ0v) is 13.3. The van der Waals surface area contributed by atoms with E-state index in [4.69, 9.17) is 0 Å². The lowest BCUT2D eigenvalue weighted by Gasteiger charge is -2.21. The fourth-order valence-electron chi connectivity index (χ4n) is 2.03. The first-order valence-corrected chi connectivity index (χ1v) is 7.31. The van der Waals surface area contributed by atoms with Gasteiger partial charge in [0.2, 0.25) is 5.91 Å². The lowest BCUT2D eigenvalue weighted by molar-refractivity contribution is -0.141. The maximum Gasteiger partial charge on any atom is 0.330 e. The van der Waals surface area contributed by atoms with Crippen molar-refractivity contribution in [3.05, 3.63) is 34.3 Å². The van der Waals surface area contributed by atoms with Gasteiger partial charge in [0.15, 0.2) is 6.04 Å². The summed E-state index contributed by atoms with van der Waals surface area (Å²) in [7, 11) is 1.46. The topological polar surface area (TPSA) is 99.1 Å². The van der Waals surface area contributed by atoms with Gasteiger partial charge in [0.25, 0.3) is 5.91 Å². The lowest BCUT2D eigenvalue weighted by Crippen LogP contribution is -2.41. The number of halogens is 1. The van der Waals surface area contributed by atoms with Crippen molar-refractivity contribution < 1.29 is 19.5 Å². The summed E-state index contributed by atoms with van der Waals surface area (Å²) in [6.45, 7) is 0. The van der Waals surface area contributed by atoms with Gasteiger partial charge in [-0.1, -0.05) is 34.1 Å². The summed E-state index contributed by atoms with van der Waals surface area (Å²) in [6.07, 6.45) is 0.368. The maximum atomic E-state index is 12.2. The van der Waals surface area contributed by atoms with Crippen LogP contribution < -0.4 is 5.32 Å². The van der Waals surface area contributed by atoms with E-state index in [0.29, 0.717) is 10.0 Å². The third kappa shape index (κ3) is 3.51. The van der Waals surface area contributed by atoms with Crippen LogP contribution in [0.1, 0.15) is 24.4 Å². The van der Waals surface area contributed by atoms with Crippen LogP contribution in [0.5, 0.6) is 0 Å².